The summed E-state index contributed by atoms with van der Waals surface area (Å²) in [6, 6.07) is -0.341. The molecule has 0 bridgehead atoms. The average molecular weight is 210 g/mol. The van der Waals surface area contributed by atoms with E-state index in [0.29, 0.717) is 5.95 Å². The standard InChI is InChI=1S/C10H18N4O/c1-7(8(15)13-10(2,3)4)14-6-5-12-9(14)11/h5-7H,1-4H3,(H2,11,12)(H,13,15). The van der Waals surface area contributed by atoms with Crippen LogP contribution in [0.2, 0.25) is 0 Å². The van der Waals surface area contributed by atoms with Crippen molar-refractivity contribution >= 4 is 11.9 Å². The molecule has 1 amide bonds. The van der Waals surface area contributed by atoms with E-state index in [2.05, 4.69) is 10.3 Å². The molecule has 0 saturated heterocycles. The van der Waals surface area contributed by atoms with E-state index in [4.69, 9.17) is 5.73 Å². The highest BCUT2D eigenvalue weighted by molar-refractivity contribution is 5.80. The molecule has 15 heavy (non-hydrogen) atoms. The number of carbonyl (C=O) groups is 1. The van der Waals surface area contributed by atoms with E-state index in [1.807, 2.05) is 20.8 Å². The molecule has 1 rings (SSSR count). The Morgan fingerprint density at radius 3 is 2.60 bits per heavy atom. The first kappa shape index (κ1) is 11.6. The molecule has 0 fully saturated rings. The number of amides is 1. The third-order valence-electron chi connectivity index (χ3n) is 1.99. The van der Waals surface area contributed by atoms with Crippen LogP contribution in [0.1, 0.15) is 33.7 Å². The molecule has 0 aliphatic rings. The van der Waals surface area contributed by atoms with Crippen LogP contribution in [-0.4, -0.2) is 21.0 Å². The third-order valence-corrected chi connectivity index (χ3v) is 1.99. The topological polar surface area (TPSA) is 72.9 Å². The monoisotopic (exact) mass is 210 g/mol. The van der Waals surface area contributed by atoms with E-state index in [1.165, 1.54) is 0 Å². The maximum absolute atomic E-state index is 11.8. The normalized spacial score (nSPS) is 13.6. The summed E-state index contributed by atoms with van der Waals surface area (Å²) in [5, 5.41) is 2.89. The Bertz CT molecular complexity index is 351. The predicted octanol–water partition coefficient (Wildman–Crippen LogP) is 0.941. The average Bonchev–Trinajstić information content (AvgIpc) is 2.47. The lowest BCUT2D eigenvalue weighted by Crippen LogP contribution is -2.43. The van der Waals surface area contributed by atoms with Gasteiger partial charge >= 0.3 is 0 Å². The molecule has 3 N–H and O–H groups in total. The van der Waals surface area contributed by atoms with Crippen molar-refractivity contribution in [3.63, 3.8) is 0 Å². The van der Waals surface area contributed by atoms with Crippen molar-refractivity contribution in [1.29, 1.82) is 0 Å². The lowest BCUT2D eigenvalue weighted by atomic mass is 10.1. The van der Waals surface area contributed by atoms with Gasteiger partial charge in [0.25, 0.3) is 0 Å². The van der Waals surface area contributed by atoms with Crippen LogP contribution in [0.25, 0.3) is 0 Å². The number of nitrogens with two attached hydrogens (primary N) is 1. The summed E-state index contributed by atoms with van der Waals surface area (Å²) < 4.78 is 1.64. The number of imidazole rings is 1. The van der Waals surface area contributed by atoms with Crippen LogP contribution in [-0.2, 0) is 4.79 Å². The Morgan fingerprint density at radius 2 is 2.20 bits per heavy atom. The molecule has 1 aromatic heterocycles. The van der Waals surface area contributed by atoms with Crippen LogP contribution < -0.4 is 11.1 Å². The Balaban J connectivity index is 2.74. The number of hydrogen-bond donors (Lipinski definition) is 2. The van der Waals surface area contributed by atoms with Crippen molar-refractivity contribution in [2.45, 2.75) is 39.3 Å². The zero-order valence-electron chi connectivity index (χ0n) is 9.61. The van der Waals surface area contributed by atoms with Crippen LogP contribution in [0.3, 0.4) is 0 Å². The molecule has 0 aliphatic carbocycles. The van der Waals surface area contributed by atoms with Gasteiger partial charge in [0.1, 0.15) is 6.04 Å². The van der Waals surface area contributed by atoms with Crippen molar-refractivity contribution in [2.24, 2.45) is 0 Å². The van der Waals surface area contributed by atoms with E-state index in [0.717, 1.165) is 0 Å². The third kappa shape index (κ3) is 2.97. The number of rotatable bonds is 2. The number of aromatic nitrogens is 2. The van der Waals surface area contributed by atoms with E-state index < -0.39 is 0 Å². The molecule has 5 nitrogen and oxygen atoms in total. The molecule has 0 radical (unpaired) electrons. The van der Waals surface area contributed by atoms with E-state index in [1.54, 1.807) is 23.9 Å². The molecule has 84 valence electrons. The summed E-state index contributed by atoms with van der Waals surface area (Å²) in [6.45, 7) is 7.61. The molecule has 0 aromatic carbocycles. The first-order chi connectivity index (χ1) is 6.81. The molecular formula is C10H18N4O. The zero-order valence-corrected chi connectivity index (χ0v) is 9.61. The molecule has 1 heterocycles. The Kier molecular flexibility index (Phi) is 3.02. The van der Waals surface area contributed by atoms with Gasteiger partial charge in [-0.1, -0.05) is 0 Å². The first-order valence-electron chi connectivity index (χ1n) is 4.91. The maximum atomic E-state index is 11.8. The van der Waals surface area contributed by atoms with Gasteiger partial charge in [-0.15, -0.1) is 0 Å². The number of hydrogen-bond acceptors (Lipinski definition) is 3. The SMILES string of the molecule is CC(C(=O)NC(C)(C)C)n1ccnc1N. The van der Waals surface area contributed by atoms with Crippen LogP contribution >= 0.6 is 0 Å². The number of nitrogens with one attached hydrogen (secondary N) is 1. The molecule has 1 aromatic rings. The molecule has 5 heteroatoms. The molecule has 1 atom stereocenters. The van der Waals surface area contributed by atoms with Crippen LogP contribution in [0.5, 0.6) is 0 Å². The Morgan fingerprint density at radius 1 is 1.60 bits per heavy atom. The lowest BCUT2D eigenvalue weighted by molar-refractivity contribution is -0.125. The second-order valence-electron chi connectivity index (χ2n) is 4.61. The summed E-state index contributed by atoms with van der Waals surface area (Å²) in [6.07, 6.45) is 3.28. The van der Waals surface area contributed by atoms with Crippen LogP contribution in [0.15, 0.2) is 12.4 Å². The predicted molar refractivity (Wildman–Crippen MR) is 59.2 cm³/mol. The Labute approximate surface area is 89.7 Å². The van der Waals surface area contributed by atoms with Gasteiger partial charge in [0, 0.05) is 17.9 Å². The number of nitrogens with zero attached hydrogens (tertiary/aromatic N) is 2. The van der Waals surface area contributed by atoms with Gasteiger partial charge in [-0.05, 0) is 27.7 Å². The maximum Gasteiger partial charge on any atom is 0.243 e. The van der Waals surface area contributed by atoms with Crippen molar-refractivity contribution in [3.05, 3.63) is 12.4 Å². The Hall–Kier alpha value is -1.52. The summed E-state index contributed by atoms with van der Waals surface area (Å²) >= 11 is 0. The fourth-order valence-corrected chi connectivity index (χ4v) is 1.25. The van der Waals surface area contributed by atoms with Crippen molar-refractivity contribution < 1.29 is 4.79 Å². The smallest absolute Gasteiger partial charge is 0.243 e. The molecule has 0 spiro atoms. The fourth-order valence-electron chi connectivity index (χ4n) is 1.25. The minimum Gasteiger partial charge on any atom is -0.369 e. The molecular weight excluding hydrogens is 192 g/mol. The first-order valence-corrected chi connectivity index (χ1v) is 4.91. The highest BCUT2D eigenvalue weighted by atomic mass is 16.2. The second kappa shape index (κ2) is 3.92. The van der Waals surface area contributed by atoms with Crippen molar-refractivity contribution in [2.75, 3.05) is 5.73 Å². The van der Waals surface area contributed by atoms with E-state index in [9.17, 15) is 4.79 Å². The minimum atomic E-state index is -0.341. The molecule has 0 saturated carbocycles. The van der Waals surface area contributed by atoms with Gasteiger partial charge < -0.3 is 15.6 Å². The van der Waals surface area contributed by atoms with E-state index in [-0.39, 0.29) is 17.5 Å². The lowest BCUT2D eigenvalue weighted by Gasteiger charge is -2.24. The van der Waals surface area contributed by atoms with Crippen molar-refractivity contribution in [1.82, 2.24) is 14.9 Å². The summed E-state index contributed by atoms with van der Waals surface area (Å²) in [4.78, 5) is 15.7. The quantitative estimate of drug-likeness (QED) is 0.763. The summed E-state index contributed by atoms with van der Waals surface area (Å²) in [5.41, 5.74) is 5.38. The van der Waals surface area contributed by atoms with E-state index >= 15 is 0 Å². The zero-order chi connectivity index (χ0) is 11.6. The van der Waals surface area contributed by atoms with Crippen LogP contribution in [0, 0.1) is 0 Å². The van der Waals surface area contributed by atoms with Gasteiger partial charge in [-0.25, -0.2) is 4.98 Å². The minimum absolute atomic E-state index is 0.0628. The second-order valence-corrected chi connectivity index (χ2v) is 4.61. The van der Waals surface area contributed by atoms with Gasteiger partial charge in [0.05, 0.1) is 0 Å². The number of nitrogen functional groups attached to an aromatic ring is 1. The fraction of sp³-hybridized carbons (Fsp3) is 0.600. The van der Waals surface area contributed by atoms with Crippen molar-refractivity contribution in [3.8, 4) is 0 Å². The molecule has 0 aliphatic heterocycles. The van der Waals surface area contributed by atoms with Gasteiger partial charge in [-0.2, -0.15) is 0 Å². The number of anilines is 1. The highest BCUT2D eigenvalue weighted by Gasteiger charge is 2.21. The largest absolute Gasteiger partial charge is 0.369 e. The molecule has 1 unspecified atom stereocenters. The summed E-state index contributed by atoms with van der Waals surface area (Å²) in [7, 11) is 0. The van der Waals surface area contributed by atoms with Crippen LogP contribution in [0.4, 0.5) is 5.95 Å². The summed E-state index contributed by atoms with van der Waals surface area (Å²) in [5.74, 6) is 0.291. The van der Waals surface area contributed by atoms with Gasteiger partial charge in [-0.3, -0.25) is 4.79 Å². The number of carbonyl (C=O) groups excluding carboxylic acids is 1. The highest BCUT2D eigenvalue weighted by Crippen LogP contribution is 2.12. The van der Waals surface area contributed by atoms with Gasteiger partial charge in [0.2, 0.25) is 11.9 Å². The van der Waals surface area contributed by atoms with Gasteiger partial charge in [0.15, 0.2) is 0 Å².